The Morgan fingerprint density at radius 1 is 0.962 bits per heavy atom. The Hall–Kier alpha value is -3.32. The Kier molecular flexibility index (Phi) is 3.85. The van der Waals surface area contributed by atoms with Crippen LogP contribution in [0.5, 0.6) is 0 Å². The summed E-state index contributed by atoms with van der Waals surface area (Å²) in [4.78, 5) is 33.6. The van der Waals surface area contributed by atoms with Crippen LogP contribution in [0, 0.1) is 5.95 Å². The molecule has 3 aromatic heterocycles. The molecular formula is C18H10ClFN4O2. The molecule has 26 heavy (non-hydrogen) atoms. The molecule has 3 heterocycles. The van der Waals surface area contributed by atoms with Gasteiger partial charge in [0.05, 0.1) is 28.1 Å². The van der Waals surface area contributed by atoms with E-state index in [2.05, 4.69) is 9.97 Å². The van der Waals surface area contributed by atoms with Gasteiger partial charge in [0, 0.05) is 6.20 Å². The summed E-state index contributed by atoms with van der Waals surface area (Å²) in [6.45, 7) is 0. The van der Waals surface area contributed by atoms with Crippen molar-refractivity contribution < 1.29 is 4.39 Å². The molecule has 0 aliphatic carbocycles. The van der Waals surface area contributed by atoms with E-state index in [4.69, 9.17) is 11.6 Å². The summed E-state index contributed by atoms with van der Waals surface area (Å²) in [6, 6.07) is 13.0. The lowest BCUT2D eigenvalue weighted by Gasteiger charge is -2.14. The second-order valence-electron chi connectivity index (χ2n) is 5.43. The lowest BCUT2D eigenvalue weighted by Crippen LogP contribution is -2.39. The number of hydrogen-bond donors (Lipinski definition) is 0. The predicted octanol–water partition coefficient (Wildman–Crippen LogP) is 2.72. The van der Waals surface area contributed by atoms with Crippen LogP contribution >= 0.6 is 11.6 Å². The van der Waals surface area contributed by atoms with Gasteiger partial charge in [0.15, 0.2) is 5.52 Å². The van der Waals surface area contributed by atoms with Crippen LogP contribution in [0.4, 0.5) is 4.39 Å². The second kappa shape index (κ2) is 6.20. The van der Waals surface area contributed by atoms with Gasteiger partial charge in [-0.05, 0) is 30.3 Å². The number of benzene rings is 1. The minimum Gasteiger partial charge on any atom is -0.266 e. The van der Waals surface area contributed by atoms with E-state index in [1.807, 2.05) is 0 Å². The van der Waals surface area contributed by atoms with Crippen molar-refractivity contribution in [1.29, 1.82) is 0 Å². The fourth-order valence-electron chi connectivity index (χ4n) is 2.72. The zero-order chi connectivity index (χ0) is 18.3. The first kappa shape index (κ1) is 16.2. The van der Waals surface area contributed by atoms with Crippen molar-refractivity contribution in [3.63, 3.8) is 0 Å². The predicted molar refractivity (Wildman–Crippen MR) is 95.7 cm³/mol. The maximum atomic E-state index is 13.9. The van der Waals surface area contributed by atoms with E-state index in [0.717, 1.165) is 4.57 Å². The molecule has 0 saturated carbocycles. The maximum absolute atomic E-state index is 13.9. The SMILES string of the molecule is O=c1c2nc(F)c(Cl)cc2n(-c2ccccc2)c(=O)n1-c1cccnc1. The van der Waals surface area contributed by atoms with Crippen LogP contribution in [0.15, 0.2) is 70.5 Å². The Morgan fingerprint density at radius 3 is 2.38 bits per heavy atom. The number of halogens is 2. The van der Waals surface area contributed by atoms with E-state index in [-0.39, 0.29) is 21.7 Å². The number of rotatable bonds is 2. The minimum absolute atomic E-state index is 0.123. The van der Waals surface area contributed by atoms with Gasteiger partial charge in [-0.15, -0.1) is 0 Å². The van der Waals surface area contributed by atoms with E-state index in [0.29, 0.717) is 5.69 Å². The first-order valence-corrected chi connectivity index (χ1v) is 7.95. The fraction of sp³-hybridized carbons (Fsp3) is 0. The molecule has 0 fully saturated rings. The van der Waals surface area contributed by atoms with E-state index >= 15 is 0 Å². The highest BCUT2D eigenvalue weighted by Gasteiger charge is 2.19. The molecular weight excluding hydrogens is 359 g/mol. The third kappa shape index (κ3) is 2.49. The molecule has 0 radical (unpaired) electrons. The molecule has 0 amide bonds. The lowest BCUT2D eigenvalue weighted by atomic mass is 10.2. The molecule has 4 rings (SSSR count). The van der Waals surface area contributed by atoms with Crippen molar-refractivity contribution in [1.82, 2.24) is 19.1 Å². The average Bonchev–Trinajstić information content (AvgIpc) is 2.66. The lowest BCUT2D eigenvalue weighted by molar-refractivity contribution is 0.588. The molecule has 0 bridgehead atoms. The second-order valence-corrected chi connectivity index (χ2v) is 5.84. The Labute approximate surface area is 150 Å². The van der Waals surface area contributed by atoms with Crippen LogP contribution < -0.4 is 11.2 Å². The smallest absolute Gasteiger partial charge is 0.266 e. The van der Waals surface area contributed by atoms with Crippen molar-refractivity contribution in [3.8, 4) is 11.4 Å². The molecule has 0 aliphatic heterocycles. The van der Waals surface area contributed by atoms with Crippen molar-refractivity contribution in [3.05, 3.63) is 92.7 Å². The van der Waals surface area contributed by atoms with Gasteiger partial charge in [-0.1, -0.05) is 29.8 Å². The van der Waals surface area contributed by atoms with Crippen LogP contribution in [-0.2, 0) is 0 Å². The third-order valence-electron chi connectivity index (χ3n) is 3.86. The molecule has 0 saturated heterocycles. The molecule has 4 aromatic rings. The summed E-state index contributed by atoms with van der Waals surface area (Å²) in [5.74, 6) is -0.979. The number of nitrogens with zero attached hydrogens (tertiary/aromatic N) is 4. The van der Waals surface area contributed by atoms with Crippen LogP contribution in [0.25, 0.3) is 22.4 Å². The fourth-order valence-corrected chi connectivity index (χ4v) is 2.87. The Morgan fingerprint density at radius 2 is 1.69 bits per heavy atom. The molecule has 0 unspecified atom stereocenters. The van der Waals surface area contributed by atoms with Crippen molar-refractivity contribution in [2.45, 2.75) is 0 Å². The van der Waals surface area contributed by atoms with Crippen LogP contribution in [0.2, 0.25) is 5.02 Å². The van der Waals surface area contributed by atoms with E-state index in [1.165, 1.54) is 23.0 Å². The molecule has 0 atom stereocenters. The first-order chi connectivity index (χ1) is 12.6. The number of pyridine rings is 2. The van der Waals surface area contributed by atoms with Gasteiger partial charge in [0.1, 0.15) is 0 Å². The highest BCUT2D eigenvalue weighted by atomic mass is 35.5. The summed E-state index contributed by atoms with van der Waals surface area (Å²) >= 11 is 5.84. The van der Waals surface area contributed by atoms with Gasteiger partial charge in [-0.25, -0.2) is 14.3 Å². The van der Waals surface area contributed by atoms with E-state index < -0.39 is 17.2 Å². The largest absolute Gasteiger partial charge is 0.340 e. The number of hydrogen-bond acceptors (Lipinski definition) is 4. The van der Waals surface area contributed by atoms with Crippen LogP contribution in [-0.4, -0.2) is 19.1 Å². The molecule has 6 nitrogen and oxygen atoms in total. The van der Waals surface area contributed by atoms with Gasteiger partial charge in [-0.3, -0.25) is 14.3 Å². The molecule has 0 aliphatic rings. The van der Waals surface area contributed by atoms with Gasteiger partial charge in [0.25, 0.3) is 5.56 Å². The number of fused-ring (bicyclic) bond motifs is 1. The standard InChI is InChI=1S/C18H10ClFN4O2/c19-13-9-14-15(22-16(13)20)17(25)24(12-7-4-8-21-10-12)18(26)23(14)11-5-2-1-3-6-11/h1-10H. The molecule has 0 N–H and O–H groups in total. The topological polar surface area (TPSA) is 69.8 Å². The quantitative estimate of drug-likeness (QED) is 0.510. The maximum Gasteiger partial charge on any atom is 0.340 e. The molecule has 8 heteroatoms. The number of para-hydroxylation sites is 1. The average molecular weight is 369 g/mol. The Bertz CT molecular complexity index is 1240. The van der Waals surface area contributed by atoms with Crippen molar-refractivity contribution in [2.75, 3.05) is 0 Å². The zero-order valence-electron chi connectivity index (χ0n) is 13.1. The number of aromatic nitrogens is 4. The van der Waals surface area contributed by atoms with Gasteiger partial charge >= 0.3 is 5.69 Å². The van der Waals surface area contributed by atoms with Gasteiger partial charge < -0.3 is 0 Å². The summed E-state index contributed by atoms with van der Waals surface area (Å²) < 4.78 is 16.1. The third-order valence-corrected chi connectivity index (χ3v) is 4.13. The summed E-state index contributed by atoms with van der Waals surface area (Å²) in [6.07, 6.45) is 2.89. The van der Waals surface area contributed by atoms with Gasteiger partial charge in [-0.2, -0.15) is 4.39 Å². The molecule has 1 aromatic carbocycles. The monoisotopic (exact) mass is 368 g/mol. The van der Waals surface area contributed by atoms with Crippen molar-refractivity contribution >= 4 is 22.6 Å². The first-order valence-electron chi connectivity index (χ1n) is 7.57. The zero-order valence-corrected chi connectivity index (χ0v) is 13.9. The van der Waals surface area contributed by atoms with E-state index in [1.54, 1.807) is 42.5 Å². The van der Waals surface area contributed by atoms with Crippen molar-refractivity contribution in [2.24, 2.45) is 0 Å². The van der Waals surface area contributed by atoms with Crippen LogP contribution in [0.3, 0.4) is 0 Å². The molecule has 0 spiro atoms. The van der Waals surface area contributed by atoms with E-state index in [9.17, 15) is 14.0 Å². The summed E-state index contributed by atoms with van der Waals surface area (Å²) in [5, 5.41) is -0.278. The molecule has 128 valence electrons. The summed E-state index contributed by atoms with van der Waals surface area (Å²) in [7, 11) is 0. The summed E-state index contributed by atoms with van der Waals surface area (Å²) in [5.41, 5.74) is -0.722. The van der Waals surface area contributed by atoms with Crippen LogP contribution in [0.1, 0.15) is 0 Å². The highest BCUT2D eigenvalue weighted by Crippen LogP contribution is 2.20. The van der Waals surface area contributed by atoms with Gasteiger partial charge in [0.2, 0.25) is 5.95 Å². The minimum atomic E-state index is -0.979. The Balaban J connectivity index is 2.24. The highest BCUT2D eigenvalue weighted by molar-refractivity contribution is 6.31. The normalized spacial score (nSPS) is 11.0.